The summed E-state index contributed by atoms with van der Waals surface area (Å²) >= 11 is 5.73. The topological polar surface area (TPSA) is 76.3 Å². The molecule has 0 bridgehead atoms. The van der Waals surface area contributed by atoms with Crippen LogP contribution in [-0.4, -0.2) is 34.8 Å². The van der Waals surface area contributed by atoms with Gasteiger partial charge in [0.05, 0.1) is 6.54 Å². The van der Waals surface area contributed by atoms with E-state index in [2.05, 4.69) is 4.98 Å². The molecule has 0 atom stereocenters. The molecular formula is C12H16ClN3O2. The molecule has 0 aliphatic carbocycles. The number of primary amides is 1. The van der Waals surface area contributed by atoms with E-state index in [1.165, 1.54) is 4.90 Å². The second kappa shape index (κ2) is 6.96. The van der Waals surface area contributed by atoms with Gasteiger partial charge in [0.2, 0.25) is 5.91 Å². The van der Waals surface area contributed by atoms with Crippen molar-refractivity contribution in [2.75, 3.05) is 13.1 Å². The normalized spacial score (nSPS) is 10.1. The first kappa shape index (κ1) is 14.4. The quantitative estimate of drug-likeness (QED) is 0.795. The van der Waals surface area contributed by atoms with Gasteiger partial charge in [-0.2, -0.15) is 0 Å². The molecule has 1 heterocycles. The number of aromatic nitrogens is 1. The van der Waals surface area contributed by atoms with Gasteiger partial charge in [-0.25, -0.2) is 4.98 Å². The van der Waals surface area contributed by atoms with Crippen LogP contribution >= 0.6 is 11.6 Å². The first-order valence-electron chi connectivity index (χ1n) is 5.74. The summed E-state index contributed by atoms with van der Waals surface area (Å²) in [5.74, 6) is -0.869. The number of hydrogen-bond donors (Lipinski definition) is 1. The molecule has 6 heteroatoms. The number of carbonyl (C=O) groups excluding carboxylic acids is 2. The maximum absolute atomic E-state index is 12.1. The van der Waals surface area contributed by atoms with Crippen molar-refractivity contribution < 1.29 is 9.59 Å². The Balaban J connectivity index is 2.83. The molecule has 1 aromatic heterocycles. The summed E-state index contributed by atoms with van der Waals surface area (Å²) in [6.45, 7) is 2.38. The minimum atomic E-state index is -0.540. The van der Waals surface area contributed by atoms with Gasteiger partial charge in [0.1, 0.15) is 10.8 Å². The van der Waals surface area contributed by atoms with Crippen LogP contribution in [0.1, 0.15) is 30.3 Å². The third-order valence-electron chi connectivity index (χ3n) is 2.35. The highest BCUT2D eigenvalue weighted by molar-refractivity contribution is 6.29. The lowest BCUT2D eigenvalue weighted by molar-refractivity contribution is -0.118. The van der Waals surface area contributed by atoms with Crippen LogP contribution in [0, 0.1) is 0 Å². The van der Waals surface area contributed by atoms with Crippen molar-refractivity contribution in [3.63, 3.8) is 0 Å². The maximum Gasteiger partial charge on any atom is 0.272 e. The Bertz CT molecular complexity index is 437. The molecule has 2 amide bonds. The average molecular weight is 270 g/mol. The Morgan fingerprint density at radius 3 is 2.72 bits per heavy atom. The molecule has 1 aromatic rings. The molecule has 2 N–H and O–H groups in total. The Morgan fingerprint density at radius 1 is 1.44 bits per heavy atom. The number of nitrogens with two attached hydrogens (primary N) is 1. The highest BCUT2D eigenvalue weighted by Gasteiger charge is 2.18. The molecule has 0 aliphatic rings. The fourth-order valence-electron chi connectivity index (χ4n) is 1.48. The highest BCUT2D eigenvalue weighted by Crippen LogP contribution is 2.08. The van der Waals surface area contributed by atoms with Gasteiger partial charge in [-0.3, -0.25) is 9.59 Å². The summed E-state index contributed by atoms with van der Waals surface area (Å²) in [4.78, 5) is 28.4. The number of unbranched alkanes of at least 4 members (excludes halogenated alkanes) is 1. The summed E-state index contributed by atoms with van der Waals surface area (Å²) in [7, 11) is 0. The van der Waals surface area contributed by atoms with Crippen molar-refractivity contribution in [3.05, 3.63) is 29.0 Å². The SMILES string of the molecule is CCCCN(CC(N)=O)C(=O)c1cccc(Cl)n1. The maximum atomic E-state index is 12.1. The van der Waals surface area contributed by atoms with Crippen molar-refractivity contribution in [2.45, 2.75) is 19.8 Å². The second-order valence-electron chi connectivity index (χ2n) is 3.89. The Labute approximate surface area is 111 Å². The minimum Gasteiger partial charge on any atom is -0.368 e. The van der Waals surface area contributed by atoms with E-state index in [0.29, 0.717) is 6.54 Å². The van der Waals surface area contributed by atoms with Crippen molar-refractivity contribution in [3.8, 4) is 0 Å². The first-order valence-corrected chi connectivity index (χ1v) is 6.12. The number of carbonyl (C=O) groups is 2. The standard InChI is InChI=1S/C12H16ClN3O2/c1-2-3-7-16(8-11(14)17)12(18)9-5-4-6-10(13)15-9/h4-6H,2-3,7-8H2,1H3,(H2,14,17). The number of amides is 2. The van der Waals surface area contributed by atoms with Crippen molar-refractivity contribution in [1.29, 1.82) is 0 Å². The van der Waals surface area contributed by atoms with Crippen LogP contribution in [-0.2, 0) is 4.79 Å². The fourth-order valence-corrected chi connectivity index (χ4v) is 1.64. The zero-order chi connectivity index (χ0) is 13.5. The first-order chi connectivity index (χ1) is 8.54. The van der Waals surface area contributed by atoms with E-state index in [-0.39, 0.29) is 23.3 Å². The van der Waals surface area contributed by atoms with Gasteiger partial charge in [0, 0.05) is 6.54 Å². The average Bonchev–Trinajstić information content (AvgIpc) is 2.33. The zero-order valence-corrected chi connectivity index (χ0v) is 11.0. The molecule has 0 aromatic carbocycles. The molecule has 0 saturated heterocycles. The lowest BCUT2D eigenvalue weighted by Gasteiger charge is -2.20. The summed E-state index contributed by atoms with van der Waals surface area (Å²) in [5.41, 5.74) is 5.35. The third kappa shape index (κ3) is 4.33. The Hall–Kier alpha value is -1.62. The van der Waals surface area contributed by atoms with Gasteiger partial charge < -0.3 is 10.6 Å². The Kier molecular flexibility index (Phi) is 5.58. The van der Waals surface area contributed by atoms with Crippen LogP contribution in [0.5, 0.6) is 0 Å². The fraction of sp³-hybridized carbons (Fsp3) is 0.417. The van der Waals surface area contributed by atoms with E-state index >= 15 is 0 Å². The molecule has 0 fully saturated rings. The molecule has 0 unspecified atom stereocenters. The molecule has 0 aliphatic heterocycles. The number of rotatable bonds is 6. The predicted octanol–water partition coefficient (Wildman–Crippen LogP) is 1.46. The molecular weight excluding hydrogens is 254 g/mol. The molecule has 0 spiro atoms. The van der Waals surface area contributed by atoms with Gasteiger partial charge in [0.25, 0.3) is 5.91 Å². The van der Waals surface area contributed by atoms with Crippen LogP contribution in [0.25, 0.3) is 0 Å². The van der Waals surface area contributed by atoms with Crippen LogP contribution in [0.4, 0.5) is 0 Å². The largest absolute Gasteiger partial charge is 0.368 e. The van der Waals surface area contributed by atoms with Crippen molar-refractivity contribution in [1.82, 2.24) is 9.88 Å². The van der Waals surface area contributed by atoms with E-state index in [4.69, 9.17) is 17.3 Å². The molecule has 0 radical (unpaired) electrons. The lowest BCUT2D eigenvalue weighted by Crippen LogP contribution is -2.39. The van der Waals surface area contributed by atoms with Gasteiger partial charge in [0.15, 0.2) is 0 Å². The van der Waals surface area contributed by atoms with E-state index < -0.39 is 5.91 Å². The zero-order valence-electron chi connectivity index (χ0n) is 10.2. The molecule has 1 rings (SSSR count). The molecule has 5 nitrogen and oxygen atoms in total. The molecule has 98 valence electrons. The van der Waals surface area contributed by atoms with E-state index in [0.717, 1.165) is 12.8 Å². The second-order valence-corrected chi connectivity index (χ2v) is 4.28. The van der Waals surface area contributed by atoms with Crippen LogP contribution in [0.2, 0.25) is 5.15 Å². The van der Waals surface area contributed by atoms with E-state index in [9.17, 15) is 9.59 Å². The smallest absolute Gasteiger partial charge is 0.272 e. The molecule has 0 saturated carbocycles. The summed E-state index contributed by atoms with van der Waals surface area (Å²) in [6, 6.07) is 4.79. The van der Waals surface area contributed by atoms with Crippen molar-refractivity contribution in [2.24, 2.45) is 5.73 Å². The van der Waals surface area contributed by atoms with Crippen LogP contribution in [0.15, 0.2) is 18.2 Å². The van der Waals surface area contributed by atoms with Crippen LogP contribution in [0.3, 0.4) is 0 Å². The van der Waals surface area contributed by atoms with Crippen molar-refractivity contribution >= 4 is 23.4 Å². The number of pyridine rings is 1. The molecule has 18 heavy (non-hydrogen) atoms. The van der Waals surface area contributed by atoms with E-state index in [1.54, 1.807) is 18.2 Å². The number of nitrogens with zero attached hydrogens (tertiary/aromatic N) is 2. The van der Waals surface area contributed by atoms with Gasteiger partial charge in [-0.15, -0.1) is 0 Å². The predicted molar refractivity (Wildman–Crippen MR) is 69.3 cm³/mol. The number of hydrogen-bond acceptors (Lipinski definition) is 3. The minimum absolute atomic E-state index is 0.104. The van der Waals surface area contributed by atoms with Crippen LogP contribution < -0.4 is 5.73 Å². The summed E-state index contributed by atoms with van der Waals surface area (Å²) in [6.07, 6.45) is 1.73. The number of halogens is 1. The van der Waals surface area contributed by atoms with Gasteiger partial charge in [-0.1, -0.05) is 31.0 Å². The summed E-state index contributed by atoms with van der Waals surface area (Å²) < 4.78 is 0. The van der Waals surface area contributed by atoms with Gasteiger partial charge >= 0.3 is 0 Å². The lowest BCUT2D eigenvalue weighted by atomic mass is 10.2. The monoisotopic (exact) mass is 269 g/mol. The van der Waals surface area contributed by atoms with E-state index in [1.807, 2.05) is 6.92 Å². The summed E-state index contributed by atoms with van der Waals surface area (Å²) in [5, 5.41) is 0.246. The van der Waals surface area contributed by atoms with Gasteiger partial charge in [-0.05, 0) is 18.6 Å². The highest BCUT2D eigenvalue weighted by atomic mass is 35.5. The third-order valence-corrected chi connectivity index (χ3v) is 2.56. The Morgan fingerprint density at radius 2 is 2.17 bits per heavy atom.